The molecule has 2 heterocycles. The Labute approximate surface area is 128 Å². The van der Waals surface area contributed by atoms with Gasteiger partial charge in [0.1, 0.15) is 0 Å². The molecule has 2 saturated heterocycles. The van der Waals surface area contributed by atoms with Gasteiger partial charge >= 0.3 is 0 Å². The molecule has 2 atom stereocenters. The number of carbonyl (C=O) groups is 1. The van der Waals surface area contributed by atoms with E-state index in [0.717, 1.165) is 25.2 Å². The van der Waals surface area contributed by atoms with Crippen molar-refractivity contribution in [1.82, 2.24) is 4.90 Å². The molecule has 3 nitrogen and oxygen atoms in total. The summed E-state index contributed by atoms with van der Waals surface area (Å²) in [6.07, 6.45) is 5.39. The number of amides is 1. The van der Waals surface area contributed by atoms with E-state index in [9.17, 15) is 4.79 Å². The van der Waals surface area contributed by atoms with E-state index in [1.165, 1.54) is 30.5 Å². The number of hydrogen-bond donors (Lipinski definition) is 1. The van der Waals surface area contributed by atoms with Gasteiger partial charge in [-0.3, -0.25) is 4.79 Å². The van der Waals surface area contributed by atoms with Crippen LogP contribution < -0.4 is 5.32 Å². The topological polar surface area (TPSA) is 32.3 Å². The van der Waals surface area contributed by atoms with E-state index >= 15 is 0 Å². The molecule has 1 amide bonds. The van der Waals surface area contributed by atoms with E-state index in [4.69, 9.17) is 0 Å². The highest BCUT2D eigenvalue weighted by molar-refractivity contribution is 5.99. The fourth-order valence-corrected chi connectivity index (χ4v) is 3.23. The van der Waals surface area contributed by atoms with Crippen LogP contribution in [0.2, 0.25) is 0 Å². The number of benzene rings is 1. The molecule has 2 bridgehead atoms. The minimum atomic E-state index is 0. The van der Waals surface area contributed by atoms with Crippen LogP contribution in [0, 0.1) is 12.8 Å². The van der Waals surface area contributed by atoms with E-state index in [-0.39, 0.29) is 13.3 Å². The van der Waals surface area contributed by atoms with E-state index in [0.29, 0.717) is 5.92 Å². The Morgan fingerprint density at radius 3 is 2.81 bits per heavy atom. The van der Waals surface area contributed by atoms with Crippen LogP contribution in [-0.2, 0) is 4.79 Å². The zero-order valence-electron chi connectivity index (χ0n) is 12.1. The molecule has 0 radical (unpaired) electrons. The van der Waals surface area contributed by atoms with Crippen LogP contribution in [0.15, 0.2) is 35.9 Å². The number of aryl methyl sites for hydroxylation is 1. The normalized spacial score (nSPS) is 26.0. The number of piperidine rings is 2. The molecule has 114 valence electrons. The second kappa shape index (κ2) is 6.90. The molecular formula is C18H26N2O. The Hall–Kier alpha value is -1.61. The van der Waals surface area contributed by atoms with Gasteiger partial charge in [0.05, 0.1) is 0 Å². The molecule has 0 aromatic heterocycles. The lowest BCUT2D eigenvalue weighted by atomic mass is 9.84. The van der Waals surface area contributed by atoms with Gasteiger partial charge < -0.3 is 10.2 Å². The molecule has 3 rings (SSSR count). The fraction of sp³-hybridized carbons (Fsp3) is 0.500. The van der Waals surface area contributed by atoms with Gasteiger partial charge in [-0.05, 0) is 50.8 Å². The van der Waals surface area contributed by atoms with Gasteiger partial charge in [0.15, 0.2) is 0 Å². The summed E-state index contributed by atoms with van der Waals surface area (Å²) in [5.74, 6) is 0.615. The second-order valence-corrected chi connectivity index (χ2v) is 5.96. The molecule has 21 heavy (non-hydrogen) atoms. The monoisotopic (exact) mass is 286 g/mol. The third-order valence-corrected chi connectivity index (χ3v) is 4.38. The molecule has 1 aromatic rings. The van der Waals surface area contributed by atoms with Crippen LogP contribution in [0.25, 0.3) is 0 Å². The van der Waals surface area contributed by atoms with Crippen LogP contribution in [0.3, 0.4) is 0 Å². The Morgan fingerprint density at radius 1 is 1.29 bits per heavy atom. The van der Waals surface area contributed by atoms with Crippen molar-refractivity contribution in [3.63, 3.8) is 0 Å². The third-order valence-electron chi connectivity index (χ3n) is 4.38. The molecule has 0 aliphatic carbocycles. The van der Waals surface area contributed by atoms with Crippen molar-refractivity contribution in [2.45, 2.75) is 33.6 Å². The smallest absolute Gasteiger partial charge is 0.248 e. The summed E-state index contributed by atoms with van der Waals surface area (Å²) >= 11 is 0. The van der Waals surface area contributed by atoms with Crippen LogP contribution in [0.5, 0.6) is 0 Å². The number of nitrogens with zero attached hydrogens (tertiary/aromatic N) is 1. The van der Waals surface area contributed by atoms with Gasteiger partial charge in [0.2, 0.25) is 5.91 Å². The van der Waals surface area contributed by atoms with Gasteiger partial charge in [-0.2, -0.15) is 0 Å². The first-order valence-electron chi connectivity index (χ1n) is 7.51. The Kier molecular flexibility index (Phi) is 5.18. The zero-order valence-corrected chi connectivity index (χ0v) is 12.1. The summed E-state index contributed by atoms with van der Waals surface area (Å²) in [7, 11) is 0. The Balaban J connectivity index is 0.00000161. The van der Waals surface area contributed by atoms with E-state index < -0.39 is 0 Å². The van der Waals surface area contributed by atoms with E-state index in [1.54, 1.807) is 0 Å². The lowest BCUT2D eigenvalue weighted by molar-refractivity contribution is -0.112. The molecule has 2 aliphatic heterocycles. The minimum absolute atomic E-state index is 0. The Bertz CT molecular complexity index is 519. The van der Waals surface area contributed by atoms with Crippen molar-refractivity contribution < 1.29 is 4.79 Å². The number of rotatable bonds is 2. The van der Waals surface area contributed by atoms with Crippen LogP contribution in [0.1, 0.15) is 32.3 Å². The SMILES string of the molecule is C.Cc1ccc(NC(=O)C=C2CCN3CCCC2C3)cc1. The highest BCUT2D eigenvalue weighted by Gasteiger charge is 2.27. The van der Waals surface area contributed by atoms with Gasteiger partial charge in [-0.15, -0.1) is 0 Å². The van der Waals surface area contributed by atoms with Crippen molar-refractivity contribution in [3.8, 4) is 0 Å². The standard InChI is InChI=1S/C17H22N2O.CH4/c1-13-4-6-16(7-5-13)18-17(20)11-14-8-10-19-9-2-3-15(14)12-19;/h4-7,11,15H,2-3,8-10,12H2,1H3,(H,18,20);1H4. The minimum Gasteiger partial charge on any atom is -0.323 e. The molecule has 3 heteroatoms. The number of fused-ring (bicyclic) bond motifs is 2. The summed E-state index contributed by atoms with van der Waals surface area (Å²) in [5, 5.41) is 2.96. The van der Waals surface area contributed by atoms with Crippen molar-refractivity contribution in [2.24, 2.45) is 5.92 Å². The van der Waals surface area contributed by atoms with Gasteiger partial charge in [0.25, 0.3) is 0 Å². The molecule has 2 unspecified atom stereocenters. The molecule has 0 spiro atoms. The molecule has 1 N–H and O–H groups in total. The fourth-order valence-electron chi connectivity index (χ4n) is 3.23. The summed E-state index contributed by atoms with van der Waals surface area (Å²) in [4.78, 5) is 14.6. The third kappa shape index (κ3) is 3.94. The highest BCUT2D eigenvalue weighted by atomic mass is 16.1. The average Bonchev–Trinajstić information content (AvgIpc) is 2.45. The highest BCUT2D eigenvalue weighted by Crippen LogP contribution is 2.30. The molecule has 2 fully saturated rings. The summed E-state index contributed by atoms with van der Waals surface area (Å²) in [6.45, 7) is 5.54. The summed E-state index contributed by atoms with van der Waals surface area (Å²) in [6, 6.07) is 7.94. The largest absolute Gasteiger partial charge is 0.323 e. The Morgan fingerprint density at radius 2 is 2.05 bits per heavy atom. The number of carbonyl (C=O) groups excluding carboxylic acids is 1. The van der Waals surface area contributed by atoms with Crippen LogP contribution >= 0.6 is 0 Å². The quantitative estimate of drug-likeness (QED) is 0.842. The predicted octanol–water partition coefficient (Wildman–Crippen LogP) is 3.61. The maximum absolute atomic E-state index is 12.1. The maximum atomic E-state index is 12.1. The predicted molar refractivity (Wildman–Crippen MR) is 88.4 cm³/mol. The van der Waals surface area contributed by atoms with E-state index in [1.807, 2.05) is 37.3 Å². The average molecular weight is 286 g/mol. The van der Waals surface area contributed by atoms with Gasteiger partial charge in [-0.1, -0.05) is 30.7 Å². The van der Waals surface area contributed by atoms with Crippen LogP contribution in [0.4, 0.5) is 5.69 Å². The van der Waals surface area contributed by atoms with Gasteiger partial charge in [-0.25, -0.2) is 0 Å². The lowest BCUT2D eigenvalue weighted by Gasteiger charge is -2.39. The first kappa shape index (κ1) is 15.8. The van der Waals surface area contributed by atoms with Crippen molar-refractivity contribution >= 4 is 11.6 Å². The summed E-state index contributed by atoms with van der Waals surface area (Å²) < 4.78 is 0. The zero-order chi connectivity index (χ0) is 13.9. The molecule has 2 aliphatic rings. The van der Waals surface area contributed by atoms with Gasteiger partial charge in [0, 0.05) is 24.9 Å². The van der Waals surface area contributed by atoms with Crippen molar-refractivity contribution in [2.75, 3.05) is 25.0 Å². The van der Waals surface area contributed by atoms with Crippen LogP contribution in [-0.4, -0.2) is 30.4 Å². The summed E-state index contributed by atoms with van der Waals surface area (Å²) in [5.41, 5.74) is 3.42. The van der Waals surface area contributed by atoms with Crippen molar-refractivity contribution in [1.29, 1.82) is 0 Å². The number of nitrogens with one attached hydrogen (secondary N) is 1. The first-order chi connectivity index (χ1) is 9.70. The molecular weight excluding hydrogens is 260 g/mol. The second-order valence-electron chi connectivity index (χ2n) is 5.96. The molecule has 0 saturated carbocycles. The first-order valence-corrected chi connectivity index (χ1v) is 7.51. The lowest BCUT2D eigenvalue weighted by Crippen LogP contribution is -2.41. The number of anilines is 1. The number of hydrogen-bond acceptors (Lipinski definition) is 2. The van der Waals surface area contributed by atoms with E-state index in [2.05, 4.69) is 10.2 Å². The van der Waals surface area contributed by atoms with Crippen molar-refractivity contribution in [3.05, 3.63) is 41.5 Å². The molecule has 1 aromatic carbocycles. The maximum Gasteiger partial charge on any atom is 0.248 e.